The van der Waals surface area contributed by atoms with Crippen molar-refractivity contribution >= 4 is 11.5 Å². The van der Waals surface area contributed by atoms with E-state index in [-0.39, 0.29) is 0 Å². The number of rotatable bonds is 3. The predicted octanol–water partition coefficient (Wildman–Crippen LogP) is 2.32. The minimum absolute atomic E-state index is 0.417. The van der Waals surface area contributed by atoms with Gasteiger partial charge in [0.05, 0.1) is 18.1 Å². The maximum atomic E-state index is 5.51. The van der Waals surface area contributed by atoms with Crippen molar-refractivity contribution in [3.05, 3.63) is 47.4 Å². The molecule has 1 heterocycles. The van der Waals surface area contributed by atoms with Crippen LogP contribution in [0, 0.1) is 13.8 Å². The summed E-state index contributed by atoms with van der Waals surface area (Å²) in [5.41, 5.74) is 9.93. The first-order valence-corrected chi connectivity index (χ1v) is 5.94. The topological polar surface area (TPSA) is 55.0 Å². The first kappa shape index (κ1) is 12.5. The molecule has 0 aliphatic heterocycles. The summed E-state index contributed by atoms with van der Waals surface area (Å²) in [5, 5.41) is 0. The molecule has 0 atom stereocenters. The average molecular weight is 242 g/mol. The van der Waals surface area contributed by atoms with Gasteiger partial charge in [-0.3, -0.25) is 4.98 Å². The van der Waals surface area contributed by atoms with Crippen molar-refractivity contribution in [3.63, 3.8) is 0 Å². The number of nitrogens with zero attached hydrogens (tertiary/aromatic N) is 3. The highest BCUT2D eigenvalue weighted by Gasteiger charge is 2.08. The second-order valence-electron chi connectivity index (χ2n) is 4.42. The van der Waals surface area contributed by atoms with Crippen LogP contribution in [0.1, 0.15) is 16.8 Å². The van der Waals surface area contributed by atoms with Crippen molar-refractivity contribution < 1.29 is 0 Å². The molecule has 0 unspecified atom stereocenters. The molecule has 1 aromatic heterocycles. The van der Waals surface area contributed by atoms with Crippen LogP contribution >= 0.6 is 0 Å². The van der Waals surface area contributed by atoms with Crippen molar-refractivity contribution in [2.75, 3.05) is 11.9 Å². The van der Waals surface area contributed by atoms with Gasteiger partial charge in [-0.25, -0.2) is 4.98 Å². The smallest absolute Gasteiger partial charge is 0.151 e. The number of aryl methyl sites for hydroxylation is 2. The van der Waals surface area contributed by atoms with Crippen molar-refractivity contribution in [1.82, 2.24) is 9.97 Å². The third-order valence-electron chi connectivity index (χ3n) is 2.96. The molecule has 94 valence electrons. The van der Waals surface area contributed by atoms with E-state index in [1.54, 1.807) is 12.4 Å². The Labute approximate surface area is 107 Å². The molecule has 0 radical (unpaired) electrons. The van der Waals surface area contributed by atoms with Gasteiger partial charge in [-0.05, 0) is 25.5 Å². The van der Waals surface area contributed by atoms with Crippen molar-refractivity contribution in [2.45, 2.75) is 20.4 Å². The zero-order chi connectivity index (χ0) is 13.1. The fourth-order valence-corrected chi connectivity index (χ4v) is 1.93. The number of nitrogens with two attached hydrogens (primary N) is 1. The lowest BCUT2D eigenvalue weighted by Crippen LogP contribution is -2.13. The highest BCUT2D eigenvalue weighted by molar-refractivity contribution is 5.62. The van der Waals surface area contributed by atoms with Gasteiger partial charge in [0, 0.05) is 19.3 Å². The van der Waals surface area contributed by atoms with Gasteiger partial charge in [0.15, 0.2) is 5.82 Å². The fraction of sp³-hybridized carbons (Fsp3) is 0.286. The van der Waals surface area contributed by atoms with E-state index in [0.717, 1.165) is 17.2 Å². The minimum atomic E-state index is 0.417. The summed E-state index contributed by atoms with van der Waals surface area (Å²) in [6, 6.07) is 6.36. The summed E-state index contributed by atoms with van der Waals surface area (Å²) >= 11 is 0. The van der Waals surface area contributed by atoms with Crippen LogP contribution in [0.15, 0.2) is 30.6 Å². The van der Waals surface area contributed by atoms with Gasteiger partial charge >= 0.3 is 0 Å². The predicted molar refractivity (Wildman–Crippen MR) is 73.9 cm³/mol. The van der Waals surface area contributed by atoms with E-state index in [0.29, 0.717) is 6.54 Å². The maximum Gasteiger partial charge on any atom is 0.151 e. The molecule has 0 aliphatic carbocycles. The van der Waals surface area contributed by atoms with Crippen LogP contribution < -0.4 is 10.6 Å². The molecule has 2 rings (SSSR count). The lowest BCUT2D eigenvalue weighted by molar-refractivity contribution is 0.951. The number of aromatic nitrogens is 2. The SMILES string of the molecule is Cc1ccc(N(C)c2cnc(CN)cn2)c(C)c1. The summed E-state index contributed by atoms with van der Waals surface area (Å²) in [7, 11) is 1.99. The Bertz CT molecular complexity index is 534. The van der Waals surface area contributed by atoms with Gasteiger partial charge in [0.2, 0.25) is 0 Å². The maximum absolute atomic E-state index is 5.51. The second-order valence-corrected chi connectivity index (χ2v) is 4.42. The molecule has 0 amide bonds. The molecule has 2 aromatic rings. The molecule has 1 aromatic carbocycles. The highest BCUT2D eigenvalue weighted by Crippen LogP contribution is 2.25. The van der Waals surface area contributed by atoms with Crippen molar-refractivity contribution in [3.8, 4) is 0 Å². The second kappa shape index (κ2) is 5.14. The van der Waals surface area contributed by atoms with E-state index in [2.05, 4.69) is 42.0 Å². The normalized spacial score (nSPS) is 10.4. The lowest BCUT2D eigenvalue weighted by Gasteiger charge is -2.20. The van der Waals surface area contributed by atoms with Gasteiger partial charge < -0.3 is 10.6 Å². The molecule has 2 N–H and O–H groups in total. The zero-order valence-electron chi connectivity index (χ0n) is 11.0. The van der Waals surface area contributed by atoms with Crippen LogP contribution in [0.25, 0.3) is 0 Å². The van der Waals surface area contributed by atoms with Gasteiger partial charge in [0.1, 0.15) is 0 Å². The quantitative estimate of drug-likeness (QED) is 0.897. The van der Waals surface area contributed by atoms with E-state index in [9.17, 15) is 0 Å². The Morgan fingerprint density at radius 1 is 1.17 bits per heavy atom. The van der Waals surface area contributed by atoms with Gasteiger partial charge in [-0.1, -0.05) is 17.7 Å². The highest BCUT2D eigenvalue weighted by atomic mass is 15.2. The van der Waals surface area contributed by atoms with Crippen molar-refractivity contribution in [1.29, 1.82) is 0 Å². The van der Waals surface area contributed by atoms with E-state index in [4.69, 9.17) is 5.73 Å². The first-order chi connectivity index (χ1) is 8.61. The molecule has 18 heavy (non-hydrogen) atoms. The molecule has 0 saturated heterocycles. The Morgan fingerprint density at radius 2 is 1.94 bits per heavy atom. The van der Waals surface area contributed by atoms with Crippen LogP contribution in [0.2, 0.25) is 0 Å². The van der Waals surface area contributed by atoms with Gasteiger partial charge in [-0.2, -0.15) is 0 Å². The summed E-state index contributed by atoms with van der Waals surface area (Å²) in [6.07, 6.45) is 3.47. The first-order valence-electron chi connectivity index (χ1n) is 5.94. The van der Waals surface area contributed by atoms with E-state index in [1.807, 2.05) is 11.9 Å². The minimum Gasteiger partial charge on any atom is -0.328 e. The van der Waals surface area contributed by atoms with Crippen LogP contribution in [0.5, 0.6) is 0 Å². The Morgan fingerprint density at radius 3 is 2.50 bits per heavy atom. The summed E-state index contributed by atoms with van der Waals surface area (Å²) in [6.45, 7) is 4.60. The van der Waals surface area contributed by atoms with Crippen LogP contribution in [-0.4, -0.2) is 17.0 Å². The Hall–Kier alpha value is -1.94. The largest absolute Gasteiger partial charge is 0.328 e. The molecule has 4 heteroatoms. The average Bonchev–Trinajstić information content (AvgIpc) is 2.38. The summed E-state index contributed by atoms with van der Waals surface area (Å²) in [5.74, 6) is 0.819. The number of anilines is 2. The summed E-state index contributed by atoms with van der Waals surface area (Å²) < 4.78 is 0. The molecule has 0 spiro atoms. The third kappa shape index (κ3) is 2.49. The molecule has 0 aliphatic rings. The van der Waals surface area contributed by atoms with E-state index in [1.165, 1.54) is 11.1 Å². The van der Waals surface area contributed by atoms with Gasteiger partial charge in [0.25, 0.3) is 0 Å². The van der Waals surface area contributed by atoms with Crippen LogP contribution in [0.4, 0.5) is 11.5 Å². The molecular formula is C14H18N4. The molecule has 0 bridgehead atoms. The summed E-state index contributed by atoms with van der Waals surface area (Å²) in [4.78, 5) is 10.7. The monoisotopic (exact) mass is 242 g/mol. The van der Waals surface area contributed by atoms with E-state index < -0.39 is 0 Å². The molecular weight excluding hydrogens is 224 g/mol. The van der Waals surface area contributed by atoms with E-state index >= 15 is 0 Å². The Kier molecular flexibility index (Phi) is 3.58. The van der Waals surface area contributed by atoms with Gasteiger partial charge in [-0.15, -0.1) is 0 Å². The van der Waals surface area contributed by atoms with Crippen molar-refractivity contribution in [2.24, 2.45) is 5.73 Å². The van der Waals surface area contributed by atoms with Crippen LogP contribution in [-0.2, 0) is 6.54 Å². The molecule has 4 nitrogen and oxygen atoms in total. The number of hydrogen-bond acceptors (Lipinski definition) is 4. The Balaban J connectivity index is 2.31. The zero-order valence-corrected chi connectivity index (χ0v) is 11.0. The molecule has 0 fully saturated rings. The number of hydrogen-bond donors (Lipinski definition) is 1. The lowest BCUT2D eigenvalue weighted by atomic mass is 10.1. The standard InChI is InChI=1S/C14H18N4/c1-10-4-5-13(11(2)6-10)18(3)14-9-16-12(7-15)8-17-14/h4-6,8-9H,7,15H2,1-3H3. The third-order valence-corrected chi connectivity index (χ3v) is 2.96. The van der Waals surface area contributed by atoms with Crippen LogP contribution in [0.3, 0.4) is 0 Å². The molecule has 0 saturated carbocycles. The number of benzene rings is 1. The fourth-order valence-electron chi connectivity index (χ4n) is 1.93.